The Morgan fingerprint density at radius 2 is 1.41 bits per heavy atom. The SMILES string of the molecule is C=CC1=C(C)c2cc3nc(cc4[nH]c(cc5[nH]c(cc1n2)c(C)c5C=C)c(C)c4CCC)C(CCC=O)=C3C. The molecule has 0 atom stereocenters. The number of H-pyrrole nitrogens is 2. The molecule has 2 N–H and O–H groups in total. The standard InChI is InChI=1S/C34H36N4O/c1-8-12-25-21(6)30-17-32-24(10-3)20(5)29(36-32)16-31-23(9-2)19(4)27(35-31)15-28-22(7)26(13-11-14-39)34(37-28)18-33(25)38-30/h9-10,14-18,36,38H,2-3,8,11-13H2,1,4-7H3. The highest BCUT2D eigenvalue weighted by Crippen LogP contribution is 2.36. The largest absolute Gasteiger partial charge is 0.355 e. The number of aromatic nitrogens is 4. The second kappa shape index (κ2) is 10.5. The van der Waals surface area contributed by atoms with Crippen molar-refractivity contribution in [2.45, 2.75) is 60.3 Å². The number of fused-ring (bicyclic) bond motifs is 8. The number of hydrogen-bond donors (Lipinski definition) is 2. The van der Waals surface area contributed by atoms with E-state index in [1.165, 1.54) is 11.1 Å². The molecule has 5 rings (SSSR count). The van der Waals surface area contributed by atoms with Crippen LogP contribution in [0.3, 0.4) is 0 Å². The molecule has 0 unspecified atom stereocenters. The molecule has 198 valence electrons. The number of aryl methyl sites for hydroxylation is 3. The average molecular weight is 517 g/mol. The van der Waals surface area contributed by atoms with Gasteiger partial charge < -0.3 is 14.8 Å². The third-order valence-corrected chi connectivity index (χ3v) is 8.06. The van der Waals surface area contributed by atoms with Crippen molar-refractivity contribution in [3.05, 3.63) is 88.5 Å². The van der Waals surface area contributed by atoms with E-state index in [-0.39, 0.29) is 0 Å². The van der Waals surface area contributed by atoms with Gasteiger partial charge in [0.1, 0.15) is 6.29 Å². The molecule has 39 heavy (non-hydrogen) atoms. The number of hydrogen-bond acceptors (Lipinski definition) is 3. The van der Waals surface area contributed by atoms with Gasteiger partial charge in [-0.2, -0.15) is 0 Å². The zero-order chi connectivity index (χ0) is 27.8. The van der Waals surface area contributed by atoms with Gasteiger partial charge in [0, 0.05) is 39.6 Å². The van der Waals surface area contributed by atoms with Crippen molar-refractivity contribution in [3.8, 4) is 0 Å². The van der Waals surface area contributed by atoms with Crippen molar-refractivity contribution < 1.29 is 4.79 Å². The van der Waals surface area contributed by atoms with Crippen LogP contribution in [0.15, 0.2) is 43.5 Å². The minimum absolute atomic E-state index is 0.462. The average Bonchev–Trinajstić information content (AvgIpc) is 3.57. The highest BCUT2D eigenvalue weighted by atomic mass is 16.1. The summed E-state index contributed by atoms with van der Waals surface area (Å²) >= 11 is 0. The first kappa shape index (κ1) is 26.4. The van der Waals surface area contributed by atoms with E-state index in [9.17, 15) is 4.79 Å². The maximum Gasteiger partial charge on any atom is 0.120 e. The van der Waals surface area contributed by atoms with E-state index in [0.29, 0.717) is 12.8 Å². The van der Waals surface area contributed by atoms with Gasteiger partial charge in [-0.15, -0.1) is 0 Å². The highest BCUT2D eigenvalue weighted by Gasteiger charge is 2.20. The second-order valence-corrected chi connectivity index (χ2v) is 10.4. The molecular weight excluding hydrogens is 480 g/mol. The van der Waals surface area contributed by atoms with Crippen molar-refractivity contribution >= 4 is 56.7 Å². The predicted molar refractivity (Wildman–Crippen MR) is 165 cm³/mol. The summed E-state index contributed by atoms with van der Waals surface area (Å²) < 4.78 is 0. The molecule has 8 bridgehead atoms. The van der Waals surface area contributed by atoms with E-state index in [2.05, 4.69) is 82.0 Å². The van der Waals surface area contributed by atoms with Crippen LogP contribution in [-0.4, -0.2) is 26.2 Å². The number of carbonyl (C=O) groups excluding carboxylic acids is 1. The van der Waals surface area contributed by atoms with Gasteiger partial charge in [-0.3, -0.25) is 0 Å². The maximum atomic E-state index is 11.3. The second-order valence-electron chi connectivity index (χ2n) is 10.4. The van der Waals surface area contributed by atoms with E-state index < -0.39 is 0 Å². The molecule has 0 amide bonds. The van der Waals surface area contributed by atoms with Crippen LogP contribution in [-0.2, 0) is 11.2 Å². The summed E-state index contributed by atoms with van der Waals surface area (Å²) in [6, 6.07) is 8.50. The summed E-state index contributed by atoms with van der Waals surface area (Å²) in [6.07, 6.45) is 7.88. The summed E-state index contributed by atoms with van der Waals surface area (Å²) in [6.45, 7) is 18.8. The zero-order valence-electron chi connectivity index (χ0n) is 23.6. The van der Waals surface area contributed by atoms with E-state index >= 15 is 0 Å². The van der Waals surface area contributed by atoms with Crippen molar-refractivity contribution in [3.63, 3.8) is 0 Å². The van der Waals surface area contributed by atoms with Crippen LogP contribution in [0.25, 0.3) is 50.4 Å². The molecule has 2 aliphatic rings. The Hall–Kier alpha value is -4.25. The molecule has 5 heteroatoms. The Labute approximate surface area is 230 Å². The molecular formula is C34H36N4O. The highest BCUT2D eigenvalue weighted by molar-refractivity contribution is 5.98. The van der Waals surface area contributed by atoms with Crippen molar-refractivity contribution in [1.29, 1.82) is 0 Å². The van der Waals surface area contributed by atoms with Crippen LogP contribution in [0.5, 0.6) is 0 Å². The molecule has 0 fully saturated rings. The molecule has 0 spiro atoms. The molecule has 3 aromatic heterocycles. The van der Waals surface area contributed by atoms with Crippen LogP contribution >= 0.6 is 0 Å². The van der Waals surface area contributed by atoms with Gasteiger partial charge in [-0.25, -0.2) is 9.97 Å². The lowest BCUT2D eigenvalue weighted by molar-refractivity contribution is -0.107. The van der Waals surface area contributed by atoms with Gasteiger partial charge >= 0.3 is 0 Å². The number of carbonyl (C=O) groups is 1. The Balaban J connectivity index is 1.98. The lowest BCUT2D eigenvalue weighted by Crippen LogP contribution is -1.87. The third kappa shape index (κ3) is 4.52. The number of aromatic amines is 2. The maximum absolute atomic E-state index is 11.3. The lowest BCUT2D eigenvalue weighted by atomic mass is 10.0. The normalized spacial score (nSPS) is 13.3. The monoisotopic (exact) mass is 516 g/mol. The van der Waals surface area contributed by atoms with Crippen molar-refractivity contribution in [2.75, 3.05) is 0 Å². The fraction of sp³-hybridized carbons (Fsp3) is 0.265. The molecule has 5 nitrogen and oxygen atoms in total. The Bertz CT molecular complexity index is 1760. The number of nitrogens with one attached hydrogen (secondary N) is 2. The topological polar surface area (TPSA) is 74.4 Å². The van der Waals surface area contributed by atoms with Gasteiger partial charge in [0.15, 0.2) is 0 Å². The molecule has 0 saturated carbocycles. The van der Waals surface area contributed by atoms with Gasteiger partial charge in [0.25, 0.3) is 0 Å². The molecule has 0 aromatic carbocycles. The fourth-order valence-corrected chi connectivity index (χ4v) is 5.76. The summed E-state index contributed by atoms with van der Waals surface area (Å²) in [5.74, 6) is 0. The minimum atomic E-state index is 0.462. The van der Waals surface area contributed by atoms with Gasteiger partial charge in [-0.1, -0.05) is 38.7 Å². The molecule has 3 aromatic rings. The Morgan fingerprint density at radius 3 is 2.10 bits per heavy atom. The van der Waals surface area contributed by atoms with Crippen LogP contribution in [0.4, 0.5) is 0 Å². The lowest BCUT2D eigenvalue weighted by Gasteiger charge is -2.02. The fourth-order valence-electron chi connectivity index (χ4n) is 5.76. The van der Waals surface area contributed by atoms with E-state index in [1.807, 2.05) is 12.2 Å². The van der Waals surface area contributed by atoms with Crippen LogP contribution in [0.1, 0.15) is 85.1 Å². The van der Waals surface area contributed by atoms with Crippen molar-refractivity contribution in [1.82, 2.24) is 19.9 Å². The van der Waals surface area contributed by atoms with E-state index in [0.717, 1.165) is 97.4 Å². The quantitative estimate of drug-likeness (QED) is 0.309. The van der Waals surface area contributed by atoms with Crippen LogP contribution in [0.2, 0.25) is 0 Å². The van der Waals surface area contributed by atoms with Gasteiger partial charge in [0.05, 0.1) is 22.8 Å². The van der Waals surface area contributed by atoms with Crippen LogP contribution in [0, 0.1) is 13.8 Å². The van der Waals surface area contributed by atoms with Gasteiger partial charge in [-0.05, 0) is 98.2 Å². The van der Waals surface area contributed by atoms with Crippen LogP contribution < -0.4 is 0 Å². The molecule has 5 heterocycles. The zero-order valence-corrected chi connectivity index (χ0v) is 23.6. The van der Waals surface area contributed by atoms with E-state index in [1.54, 1.807) is 0 Å². The number of nitrogens with zero attached hydrogens (tertiary/aromatic N) is 2. The molecule has 0 radical (unpaired) electrons. The summed E-state index contributed by atoms with van der Waals surface area (Å²) in [4.78, 5) is 28.7. The Kier molecular flexibility index (Phi) is 7.09. The van der Waals surface area contributed by atoms with E-state index in [4.69, 9.17) is 9.97 Å². The van der Waals surface area contributed by atoms with Gasteiger partial charge in [0.2, 0.25) is 0 Å². The molecule has 0 aliphatic carbocycles. The summed E-state index contributed by atoms with van der Waals surface area (Å²) in [7, 11) is 0. The molecule has 2 aliphatic heterocycles. The minimum Gasteiger partial charge on any atom is -0.355 e. The number of allylic oxidation sites excluding steroid dienone is 5. The smallest absolute Gasteiger partial charge is 0.120 e. The summed E-state index contributed by atoms with van der Waals surface area (Å²) in [5, 5.41) is 0. The molecule has 0 saturated heterocycles. The summed E-state index contributed by atoms with van der Waals surface area (Å²) in [5.41, 5.74) is 16.7. The number of rotatable bonds is 7. The third-order valence-electron chi connectivity index (χ3n) is 8.06. The number of aldehydes is 1. The van der Waals surface area contributed by atoms with Crippen molar-refractivity contribution in [2.24, 2.45) is 0 Å². The first-order valence-corrected chi connectivity index (χ1v) is 13.7. The Morgan fingerprint density at radius 1 is 0.744 bits per heavy atom. The first-order chi connectivity index (χ1) is 18.8. The predicted octanol–water partition coefficient (Wildman–Crippen LogP) is 8.55. The first-order valence-electron chi connectivity index (χ1n) is 13.7.